The Balaban J connectivity index is 0. The SMILES string of the molecule is CCCC[C@H](NO)C(=O)O.O=CCCCCO. The summed E-state index contributed by atoms with van der Waals surface area (Å²) in [7, 11) is 0. The van der Waals surface area contributed by atoms with Crippen molar-refractivity contribution in [3.05, 3.63) is 0 Å². The first-order valence-electron chi connectivity index (χ1n) is 5.80. The van der Waals surface area contributed by atoms with E-state index in [2.05, 4.69) is 0 Å². The highest BCUT2D eigenvalue weighted by Gasteiger charge is 2.13. The number of unbranched alkanes of at least 4 members (excludes halogenated alkanes) is 3. The van der Waals surface area contributed by atoms with Crippen molar-refractivity contribution in [3.63, 3.8) is 0 Å². The molecule has 0 radical (unpaired) electrons. The van der Waals surface area contributed by atoms with Gasteiger partial charge in [0.1, 0.15) is 12.3 Å². The molecule has 6 heteroatoms. The minimum Gasteiger partial charge on any atom is -0.480 e. The maximum Gasteiger partial charge on any atom is 0.323 e. The number of carbonyl (C=O) groups is 2. The fourth-order valence-corrected chi connectivity index (χ4v) is 0.991. The number of aliphatic hydroxyl groups excluding tert-OH is 1. The molecular formula is C11H23NO5. The van der Waals surface area contributed by atoms with Crippen LogP contribution in [0.2, 0.25) is 0 Å². The van der Waals surface area contributed by atoms with Crippen LogP contribution >= 0.6 is 0 Å². The lowest BCUT2D eigenvalue weighted by Gasteiger charge is -2.07. The summed E-state index contributed by atoms with van der Waals surface area (Å²) in [6.45, 7) is 2.17. The van der Waals surface area contributed by atoms with Gasteiger partial charge in [-0.3, -0.25) is 4.79 Å². The molecule has 4 N–H and O–H groups in total. The molecular weight excluding hydrogens is 226 g/mol. The molecule has 0 amide bonds. The summed E-state index contributed by atoms with van der Waals surface area (Å²) < 4.78 is 0. The average molecular weight is 249 g/mol. The molecule has 0 aromatic rings. The van der Waals surface area contributed by atoms with Gasteiger partial charge in [-0.15, -0.1) is 0 Å². The van der Waals surface area contributed by atoms with E-state index < -0.39 is 12.0 Å². The summed E-state index contributed by atoms with van der Waals surface area (Å²) in [4.78, 5) is 19.8. The molecule has 0 aliphatic carbocycles. The van der Waals surface area contributed by atoms with E-state index in [1.807, 2.05) is 6.92 Å². The predicted octanol–water partition coefficient (Wildman–Crippen LogP) is 0.956. The lowest BCUT2D eigenvalue weighted by molar-refractivity contribution is -0.142. The Bertz CT molecular complexity index is 187. The zero-order chi connectivity index (χ0) is 13.5. The van der Waals surface area contributed by atoms with Crippen LogP contribution in [0.25, 0.3) is 0 Å². The molecule has 0 aliphatic heterocycles. The normalized spacial score (nSPS) is 11.2. The van der Waals surface area contributed by atoms with E-state index >= 15 is 0 Å². The lowest BCUT2D eigenvalue weighted by atomic mass is 10.1. The number of carboxylic acid groups (broad SMARTS) is 1. The van der Waals surface area contributed by atoms with Gasteiger partial charge in [0.05, 0.1) is 0 Å². The monoisotopic (exact) mass is 249 g/mol. The van der Waals surface area contributed by atoms with Crippen LogP contribution in [0.3, 0.4) is 0 Å². The number of nitrogens with one attached hydrogen (secondary N) is 1. The first-order valence-corrected chi connectivity index (χ1v) is 5.80. The van der Waals surface area contributed by atoms with E-state index in [0.717, 1.165) is 32.0 Å². The molecule has 0 fully saturated rings. The maximum absolute atomic E-state index is 10.2. The smallest absolute Gasteiger partial charge is 0.323 e. The average Bonchev–Trinajstić information content (AvgIpc) is 2.31. The molecule has 0 bridgehead atoms. The molecule has 0 unspecified atom stereocenters. The minimum atomic E-state index is -1.00. The van der Waals surface area contributed by atoms with Gasteiger partial charge in [-0.05, 0) is 19.3 Å². The Morgan fingerprint density at radius 2 is 2.00 bits per heavy atom. The highest BCUT2D eigenvalue weighted by Crippen LogP contribution is 1.99. The Hall–Kier alpha value is -0.980. The predicted molar refractivity (Wildman–Crippen MR) is 62.9 cm³/mol. The zero-order valence-corrected chi connectivity index (χ0v) is 10.3. The van der Waals surface area contributed by atoms with Crippen molar-refractivity contribution in [1.82, 2.24) is 5.48 Å². The molecule has 102 valence electrons. The van der Waals surface area contributed by atoms with Gasteiger partial charge < -0.3 is 20.2 Å². The summed E-state index contributed by atoms with van der Waals surface area (Å²) in [6.07, 6.45) is 5.24. The van der Waals surface area contributed by atoms with Crippen molar-refractivity contribution in [1.29, 1.82) is 0 Å². The van der Waals surface area contributed by atoms with E-state index in [1.165, 1.54) is 0 Å². The summed E-state index contributed by atoms with van der Waals surface area (Å²) in [6, 6.07) is -0.806. The van der Waals surface area contributed by atoms with Crippen LogP contribution in [0.4, 0.5) is 0 Å². The molecule has 0 aromatic heterocycles. The third kappa shape index (κ3) is 15.0. The van der Waals surface area contributed by atoms with Gasteiger partial charge in [0.2, 0.25) is 0 Å². The number of aliphatic carboxylic acids is 1. The van der Waals surface area contributed by atoms with Crippen LogP contribution in [0.15, 0.2) is 0 Å². The highest BCUT2D eigenvalue weighted by molar-refractivity contribution is 5.73. The van der Waals surface area contributed by atoms with E-state index in [0.29, 0.717) is 12.8 Å². The lowest BCUT2D eigenvalue weighted by Crippen LogP contribution is -2.33. The fourth-order valence-electron chi connectivity index (χ4n) is 0.991. The first kappa shape index (κ1) is 18.4. The van der Waals surface area contributed by atoms with Crippen LogP contribution in [0.1, 0.15) is 45.4 Å². The largest absolute Gasteiger partial charge is 0.480 e. The van der Waals surface area contributed by atoms with Crippen LogP contribution in [0, 0.1) is 0 Å². The van der Waals surface area contributed by atoms with Gasteiger partial charge in [0.15, 0.2) is 0 Å². The minimum absolute atomic E-state index is 0.202. The number of aldehydes is 1. The Morgan fingerprint density at radius 3 is 2.35 bits per heavy atom. The molecule has 1 atom stereocenters. The molecule has 0 saturated carbocycles. The molecule has 17 heavy (non-hydrogen) atoms. The number of aliphatic hydroxyl groups is 1. The summed E-state index contributed by atoms with van der Waals surface area (Å²) in [5.41, 5.74) is 1.74. The Morgan fingerprint density at radius 1 is 1.35 bits per heavy atom. The second-order valence-electron chi connectivity index (χ2n) is 3.55. The van der Waals surface area contributed by atoms with E-state index in [9.17, 15) is 9.59 Å². The summed E-state index contributed by atoms with van der Waals surface area (Å²) >= 11 is 0. The van der Waals surface area contributed by atoms with Crippen LogP contribution < -0.4 is 5.48 Å². The molecule has 6 nitrogen and oxygen atoms in total. The second-order valence-corrected chi connectivity index (χ2v) is 3.55. The number of hydrogen-bond donors (Lipinski definition) is 4. The van der Waals surface area contributed by atoms with E-state index in [4.69, 9.17) is 15.4 Å². The van der Waals surface area contributed by atoms with Crippen LogP contribution in [-0.4, -0.2) is 40.3 Å². The van der Waals surface area contributed by atoms with E-state index in [1.54, 1.807) is 5.48 Å². The van der Waals surface area contributed by atoms with E-state index in [-0.39, 0.29) is 6.61 Å². The molecule has 0 rings (SSSR count). The molecule has 0 heterocycles. The Labute approximate surface area is 102 Å². The number of carboxylic acids is 1. The van der Waals surface area contributed by atoms with Crippen molar-refractivity contribution < 1.29 is 25.0 Å². The van der Waals surface area contributed by atoms with Gasteiger partial charge in [-0.25, -0.2) is 0 Å². The molecule has 0 spiro atoms. The molecule has 0 saturated heterocycles. The van der Waals surface area contributed by atoms with Crippen molar-refractivity contribution in [2.75, 3.05) is 6.61 Å². The van der Waals surface area contributed by atoms with Crippen LogP contribution in [-0.2, 0) is 9.59 Å². The number of rotatable bonds is 9. The van der Waals surface area contributed by atoms with Crippen molar-refractivity contribution in [3.8, 4) is 0 Å². The molecule has 0 aliphatic rings. The number of carbonyl (C=O) groups excluding carboxylic acids is 1. The highest BCUT2D eigenvalue weighted by atomic mass is 16.5. The van der Waals surface area contributed by atoms with Crippen molar-refractivity contribution in [2.24, 2.45) is 0 Å². The van der Waals surface area contributed by atoms with Gasteiger partial charge >= 0.3 is 5.97 Å². The third-order valence-corrected chi connectivity index (χ3v) is 2.03. The number of hydrogen-bond acceptors (Lipinski definition) is 5. The van der Waals surface area contributed by atoms with Gasteiger partial charge in [0.25, 0.3) is 0 Å². The zero-order valence-electron chi connectivity index (χ0n) is 10.3. The summed E-state index contributed by atoms with van der Waals surface area (Å²) in [5.74, 6) is -1.00. The third-order valence-electron chi connectivity index (χ3n) is 2.03. The summed E-state index contributed by atoms with van der Waals surface area (Å²) in [5, 5.41) is 24.8. The number of hydroxylamine groups is 1. The van der Waals surface area contributed by atoms with Gasteiger partial charge in [0, 0.05) is 13.0 Å². The standard InChI is InChI=1S/C6H13NO3.C5H10O2/c1-2-3-4-5(7-10)6(8)9;6-4-2-1-3-5-7/h5,7,10H,2-4H2,1H3,(H,8,9);4,7H,1-3,5H2/t5-;/m0./s1. The van der Waals surface area contributed by atoms with Gasteiger partial charge in [-0.1, -0.05) is 19.8 Å². The quantitative estimate of drug-likeness (QED) is 0.275. The fraction of sp³-hybridized carbons (Fsp3) is 0.818. The van der Waals surface area contributed by atoms with Gasteiger partial charge in [-0.2, -0.15) is 5.48 Å². The maximum atomic E-state index is 10.2. The van der Waals surface area contributed by atoms with Crippen LogP contribution in [0.5, 0.6) is 0 Å². The van der Waals surface area contributed by atoms with Crippen molar-refractivity contribution >= 4 is 12.3 Å². The molecule has 0 aromatic carbocycles. The topological polar surface area (TPSA) is 107 Å². The Kier molecular flexibility index (Phi) is 16.2. The second kappa shape index (κ2) is 15.0. The first-order chi connectivity index (χ1) is 8.13. The van der Waals surface area contributed by atoms with Crippen molar-refractivity contribution in [2.45, 2.75) is 51.5 Å².